The number of carbonyl (C=O) groups is 1. The van der Waals surface area contributed by atoms with Gasteiger partial charge in [0.2, 0.25) is 6.41 Å². The second kappa shape index (κ2) is 17.3. The summed E-state index contributed by atoms with van der Waals surface area (Å²) in [7, 11) is 0. The third kappa shape index (κ3) is 12.6. The van der Waals surface area contributed by atoms with E-state index in [9.17, 15) is 4.79 Å². The zero-order valence-electron chi connectivity index (χ0n) is 18.0. The highest BCUT2D eigenvalue weighted by atomic mass is 32.1. The average Bonchev–Trinajstić information content (AvgIpc) is 3.15. The van der Waals surface area contributed by atoms with E-state index in [4.69, 9.17) is 10.5 Å². The highest BCUT2D eigenvalue weighted by molar-refractivity contribution is 7.14. The topological polar surface area (TPSA) is 77.2 Å². The van der Waals surface area contributed by atoms with Crippen LogP contribution in [0.25, 0.3) is 11.3 Å². The molecule has 1 atom stereocenters. The quantitative estimate of drug-likeness (QED) is 0.425. The molecule has 1 aromatic carbocycles. The number of hydrogen-bond acceptors (Lipinski definition) is 5. The Morgan fingerprint density at radius 3 is 2.57 bits per heavy atom. The zero-order valence-corrected chi connectivity index (χ0v) is 18.8. The van der Waals surface area contributed by atoms with Gasteiger partial charge >= 0.3 is 0 Å². The molecule has 1 amide bonds. The summed E-state index contributed by atoms with van der Waals surface area (Å²) in [5, 5.41) is 5.10. The summed E-state index contributed by atoms with van der Waals surface area (Å²) < 4.78 is 5.36. The molecule has 1 heterocycles. The van der Waals surface area contributed by atoms with Crippen LogP contribution in [0.2, 0.25) is 0 Å². The molecule has 28 heavy (non-hydrogen) atoms. The van der Waals surface area contributed by atoms with Crippen LogP contribution in [-0.4, -0.2) is 31.2 Å². The van der Waals surface area contributed by atoms with Crippen LogP contribution in [0.3, 0.4) is 0 Å². The van der Waals surface area contributed by atoms with Crippen molar-refractivity contribution in [2.24, 2.45) is 11.7 Å². The van der Waals surface area contributed by atoms with E-state index in [0.717, 1.165) is 43.4 Å². The van der Waals surface area contributed by atoms with E-state index in [1.165, 1.54) is 29.7 Å². The molecule has 0 aliphatic carbocycles. The third-order valence-corrected chi connectivity index (χ3v) is 4.57. The minimum atomic E-state index is 0.626. The van der Waals surface area contributed by atoms with Gasteiger partial charge in [-0.3, -0.25) is 4.79 Å². The Bertz CT molecular complexity index is 632. The lowest BCUT2D eigenvalue weighted by atomic mass is 10.1. The Balaban J connectivity index is 0.000000489. The SMILES string of the molecule is CCCOCCC(C)CC.CCN.Cc1cccc(-c2csc(NC=O)n2)c1. The summed E-state index contributed by atoms with van der Waals surface area (Å²) in [5.74, 6) is 0.830. The molecule has 0 fully saturated rings. The van der Waals surface area contributed by atoms with Gasteiger partial charge in [0, 0.05) is 24.2 Å². The second-order valence-electron chi connectivity index (χ2n) is 6.49. The van der Waals surface area contributed by atoms with Gasteiger partial charge in [-0.05, 0) is 38.3 Å². The number of aromatic nitrogens is 1. The normalized spacial score (nSPS) is 10.8. The van der Waals surface area contributed by atoms with Gasteiger partial charge in [0.05, 0.1) is 5.69 Å². The number of carbonyl (C=O) groups excluding carboxylic acids is 1. The van der Waals surface area contributed by atoms with Crippen LogP contribution in [0.1, 0.15) is 52.5 Å². The first-order chi connectivity index (χ1) is 13.5. The molecule has 0 bridgehead atoms. The van der Waals surface area contributed by atoms with Gasteiger partial charge in [-0.15, -0.1) is 11.3 Å². The first-order valence-electron chi connectivity index (χ1n) is 10.0. The van der Waals surface area contributed by atoms with Gasteiger partial charge in [-0.25, -0.2) is 4.98 Å². The van der Waals surface area contributed by atoms with E-state index in [0.29, 0.717) is 11.5 Å². The third-order valence-electron chi connectivity index (χ3n) is 3.80. The minimum absolute atomic E-state index is 0.626. The molecular formula is C22H37N3O2S. The summed E-state index contributed by atoms with van der Waals surface area (Å²) in [6, 6.07) is 8.11. The number of thiazole rings is 1. The molecule has 5 nitrogen and oxygen atoms in total. The first kappa shape index (κ1) is 26.2. The maximum Gasteiger partial charge on any atom is 0.213 e. The fraction of sp³-hybridized carbons (Fsp3) is 0.545. The van der Waals surface area contributed by atoms with Crippen molar-refractivity contribution < 1.29 is 9.53 Å². The van der Waals surface area contributed by atoms with Crippen molar-refractivity contribution in [1.29, 1.82) is 0 Å². The first-order valence-corrected chi connectivity index (χ1v) is 10.9. The van der Waals surface area contributed by atoms with Crippen molar-refractivity contribution in [1.82, 2.24) is 4.98 Å². The molecule has 3 N–H and O–H groups in total. The van der Waals surface area contributed by atoms with Crippen LogP contribution in [0.4, 0.5) is 5.13 Å². The van der Waals surface area contributed by atoms with Crippen LogP contribution in [-0.2, 0) is 9.53 Å². The van der Waals surface area contributed by atoms with Gasteiger partial charge in [-0.1, -0.05) is 57.9 Å². The number of nitrogens with zero attached hydrogens (tertiary/aromatic N) is 1. The standard InChI is InChI=1S/C11H10N2OS.C9H20O.C2H7N/c1-8-3-2-4-9(5-8)10-6-15-11(13-10)12-7-14;1-4-7-10-8-6-9(3)5-2;1-2-3/h2-7H,1H3,(H,12,13,14);9H,4-8H2,1-3H3;2-3H2,1H3. The Kier molecular flexibility index (Phi) is 16.3. The fourth-order valence-electron chi connectivity index (χ4n) is 2.06. The lowest BCUT2D eigenvalue weighted by Crippen LogP contribution is -2.01. The van der Waals surface area contributed by atoms with Crippen molar-refractivity contribution in [2.75, 3.05) is 25.1 Å². The molecule has 0 spiro atoms. The fourth-order valence-corrected chi connectivity index (χ4v) is 2.74. The van der Waals surface area contributed by atoms with E-state index in [-0.39, 0.29) is 0 Å². The molecule has 0 saturated carbocycles. The maximum atomic E-state index is 10.2. The van der Waals surface area contributed by atoms with E-state index in [1.54, 1.807) is 0 Å². The van der Waals surface area contributed by atoms with Crippen LogP contribution in [0.15, 0.2) is 29.6 Å². The lowest BCUT2D eigenvalue weighted by molar-refractivity contribution is -0.105. The van der Waals surface area contributed by atoms with E-state index in [2.05, 4.69) is 37.1 Å². The molecule has 0 aliphatic heterocycles. The molecule has 0 aliphatic rings. The summed E-state index contributed by atoms with van der Waals surface area (Å²) >= 11 is 1.42. The predicted octanol–water partition coefficient (Wildman–Crippen LogP) is 5.50. The van der Waals surface area contributed by atoms with E-state index < -0.39 is 0 Å². The Morgan fingerprint density at radius 2 is 2.00 bits per heavy atom. The van der Waals surface area contributed by atoms with Crippen LogP contribution in [0, 0.1) is 12.8 Å². The number of nitrogens with one attached hydrogen (secondary N) is 1. The number of aryl methyl sites for hydroxylation is 1. The molecule has 158 valence electrons. The van der Waals surface area contributed by atoms with Crippen molar-refractivity contribution in [3.05, 3.63) is 35.2 Å². The largest absolute Gasteiger partial charge is 0.381 e. The number of hydrogen-bond donors (Lipinski definition) is 2. The monoisotopic (exact) mass is 407 g/mol. The van der Waals surface area contributed by atoms with Crippen LogP contribution < -0.4 is 11.1 Å². The summed E-state index contributed by atoms with van der Waals surface area (Å²) in [4.78, 5) is 14.5. The number of anilines is 1. The molecule has 2 aromatic rings. The molecule has 2 rings (SSSR count). The molecule has 0 radical (unpaired) electrons. The zero-order chi connectivity index (χ0) is 21.2. The van der Waals surface area contributed by atoms with Crippen molar-refractivity contribution in [2.45, 2.75) is 53.9 Å². The van der Waals surface area contributed by atoms with Gasteiger partial charge in [0.25, 0.3) is 0 Å². The Hall–Kier alpha value is -1.76. The van der Waals surface area contributed by atoms with E-state index >= 15 is 0 Å². The van der Waals surface area contributed by atoms with Crippen LogP contribution in [0.5, 0.6) is 0 Å². The van der Waals surface area contributed by atoms with Gasteiger partial charge in [0.1, 0.15) is 0 Å². The molecule has 6 heteroatoms. The molecule has 1 unspecified atom stereocenters. The summed E-state index contributed by atoms with van der Waals surface area (Å²) in [6.45, 7) is 13.2. The predicted molar refractivity (Wildman–Crippen MR) is 122 cm³/mol. The number of amides is 1. The maximum absolute atomic E-state index is 10.2. The number of rotatable bonds is 9. The highest BCUT2D eigenvalue weighted by Gasteiger charge is 2.03. The smallest absolute Gasteiger partial charge is 0.213 e. The highest BCUT2D eigenvalue weighted by Crippen LogP contribution is 2.24. The van der Waals surface area contributed by atoms with Crippen molar-refractivity contribution in [3.63, 3.8) is 0 Å². The lowest BCUT2D eigenvalue weighted by Gasteiger charge is -2.07. The number of benzene rings is 1. The van der Waals surface area contributed by atoms with Crippen molar-refractivity contribution in [3.8, 4) is 11.3 Å². The molecule has 1 aromatic heterocycles. The van der Waals surface area contributed by atoms with Crippen molar-refractivity contribution >= 4 is 22.9 Å². The van der Waals surface area contributed by atoms with Gasteiger partial charge in [-0.2, -0.15) is 0 Å². The number of nitrogens with two attached hydrogens (primary N) is 1. The van der Waals surface area contributed by atoms with Crippen LogP contribution >= 0.6 is 11.3 Å². The molecular weight excluding hydrogens is 370 g/mol. The Morgan fingerprint density at radius 1 is 1.29 bits per heavy atom. The second-order valence-corrected chi connectivity index (χ2v) is 7.35. The summed E-state index contributed by atoms with van der Waals surface area (Å²) in [6.07, 6.45) is 4.27. The van der Waals surface area contributed by atoms with Gasteiger partial charge < -0.3 is 15.8 Å². The average molecular weight is 408 g/mol. The van der Waals surface area contributed by atoms with Gasteiger partial charge in [0.15, 0.2) is 5.13 Å². The summed E-state index contributed by atoms with van der Waals surface area (Å²) in [5.41, 5.74) is 8.02. The Labute approximate surface area is 174 Å². The molecule has 0 saturated heterocycles. The minimum Gasteiger partial charge on any atom is -0.381 e. The van der Waals surface area contributed by atoms with E-state index in [1.807, 2.05) is 37.4 Å². The number of ether oxygens (including phenoxy) is 1.